The van der Waals surface area contributed by atoms with Crippen LogP contribution in [0.4, 0.5) is 18.9 Å². The van der Waals surface area contributed by atoms with E-state index in [-0.39, 0.29) is 12.1 Å². The van der Waals surface area contributed by atoms with Gasteiger partial charge in [-0.1, -0.05) is 0 Å². The van der Waals surface area contributed by atoms with Gasteiger partial charge in [-0.05, 0) is 63.1 Å². The average molecular weight is 422 g/mol. The molecule has 2 atom stereocenters. The number of rotatable bonds is 5. The summed E-state index contributed by atoms with van der Waals surface area (Å²) in [5, 5.41) is 8.72. The van der Waals surface area contributed by atoms with Gasteiger partial charge < -0.3 is 9.80 Å². The minimum atomic E-state index is -4.35. The lowest BCUT2D eigenvalue weighted by Gasteiger charge is -2.37. The van der Waals surface area contributed by atoms with Crippen LogP contribution in [0, 0.1) is 0 Å². The van der Waals surface area contributed by atoms with Gasteiger partial charge in [0.15, 0.2) is 0 Å². The summed E-state index contributed by atoms with van der Waals surface area (Å²) in [5.41, 5.74) is 3.23. The molecule has 0 spiro atoms. The topological polar surface area (TPSA) is 68.2 Å². The second kappa shape index (κ2) is 8.51. The number of carbonyl (C=O) groups is 1. The minimum absolute atomic E-state index is 0.213. The molecular weight excluding hydrogens is 397 g/mol. The number of hydroxylamine groups is 1. The Morgan fingerprint density at radius 1 is 1.17 bits per heavy atom. The van der Waals surface area contributed by atoms with Gasteiger partial charge in [0.2, 0.25) is 0 Å². The van der Waals surface area contributed by atoms with Gasteiger partial charge in [-0.2, -0.15) is 13.2 Å². The zero-order chi connectivity index (χ0) is 22.1. The fourth-order valence-electron chi connectivity index (χ4n) is 3.92. The van der Waals surface area contributed by atoms with Crippen LogP contribution in [-0.2, 0) is 0 Å². The zero-order valence-corrected chi connectivity index (χ0v) is 17.1. The van der Waals surface area contributed by atoms with Gasteiger partial charge >= 0.3 is 6.18 Å². The molecule has 2 aliphatic heterocycles. The number of likely N-dealkylation sites (tertiary alicyclic amines) is 1. The molecule has 0 saturated carbocycles. The van der Waals surface area contributed by atoms with Crippen molar-refractivity contribution in [2.75, 3.05) is 18.0 Å². The van der Waals surface area contributed by atoms with Crippen molar-refractivity contribution in [2.24, 2.45) is 4.99 Å². The molecule has 6 nitrogen and oxygen atoms in total. The van der Waals surface area contributed by atoms with Crippen LogP contribution < -0.4 is 10.4 Å². The largest absolute Gasteiger partial charge is 0.412 e. The van der Waals surface area contributed by atoms with E-state index in [1.54, 1.807) is 17.6 Å². The number of nitrogens with one attached hydrogen (secondary N) is 1. The molecule has 2 unspecified atom stereocenters. The van der Waals surface area contributed by atoms with Crippen molar-refractivity contribution in [2.45, 2.75) is 45.5 Å². The third kappa shape index (κ3) is 4.51. The molecule has 0 aliphatic carbocycles. The van der Waals surface area contributed by atoms with Crippen molar-refractivity contribution >= 4 is 17.8 Å². The maximum atomic E-state index is 12.7. The number of benzene rings is 1. The standard InChI is InChI=1S/C21H25F3N4O2/c1-13(2)19(25-9-8-14(3)21(22,23)24)28-12-17-10-18(28)11-27(17)16-6-4-15(5-7-16)20(29)26-30/h4-9,17-18,30H,10-12H2,1-3H3,(H,26,29)/b14-8+,25-9-. The lowest BCUT2D eigenvalue weighted by molar-refractivity contribution is -0.0911. The number of anilines is 1. The van der Waals surface area contributed by atoms with E-state index in [0.29, 0.717) is 11.4 Å². The molecule has 1 aromatic carbocycles. The fourth-order valence-corrected chi connectivity index (χ4v) is 3.92. The summed E-state index contributed by atoms with van der Waals surface area (Å²) in [7, 11) is 0. The number of alkyl halides is 3. The molecule has 9 heteroatoms. The molecule has 1 aromatic rings. The first-order valence-corrected chi connectivity index (χ1v) is 9.65. The summed E-state index contributed by atoms with van der Waals surface area (Å²) in [6.45, 7) is 6.33. The van der Waals surface area contributed by atoms with Gasteiger partial charge in [0.1, 0.15) is 5.82 Å². The van der Waals surface area contributed by atoms with Crippen LogP contribution in [0.25, 0.3) is 0 Å². The van der Waals surface area contributed by atoms with Gasteiger partial charge in [-0.3, -0.25) is 10.0 Å². The van der Waals surface area contributed by atoms with Crippen LogP contribution in [0.1, 0.15) is 37.6 Å². The number of fused-ring (bicyclic) bond motifs is 2. The molecule has 0 radical (unpaired) electrons. The van der Waals surface area contributed by atoms with Crippen LogP contribution in [0.3, 0.4) is 0 Å². The van der Waals surface area contributed by atoms with E-state index in [4.69, 9.17) is 5.21 Å². The molecule has 0 aromatic heterocycles. The second-order valence-corrected chi connectivity index (χ2v) is 7.79. The first kappa shape index (κ1) is 21.9. The molecule has 2 heterocycles. The Kier molecular flexibility index (Phi) is 6.21. The van der Waals surface area contributed by atoms with Gasteiger partial charge in [0, 0.05) is 42.2 Å². The summed E-state index contributed by atoms with van der Waals surface area (Å²) < 4.78 is 38.0. The van der Waals surface area contributed by atoms with Gasteiger partial charge in [0.25, 0.3) is 5.91 Å². The van der Waals surface area contributed by atoms with Crippen molar-refractivity contribution in [1.29, 1.82) is 0 Å². The Labute approximate surface area is 173 Å². The van der Waals surface area contributed by atoms with E-state index < -0.39 is 17.7 Å². The van der Waals surface area contributed by atoms with Crippen LogP contribution in [0.5, 0.6) is 0 Å². The van der Waals surface area contributed by atoms with Crippen molar-refractivity contribution in [3.8, 4) is 0 Å². The van der Waals surface area contributed by atoms with Gasteiger partial charge in [-0.15, -0.1) is 0 Å². The lowest BCUT2D eigenvalue weighted by Crippen LogP contribution is -2.45. The Balaban J connectivity index is 1.70. The number of halogens is 3. The number of nitrogens with zero attached hydrogens (tertiary/aromatic N) is 3. The SMILES string of the molecule is CC(C)=C(/N=C\C=C(/C)C(F)(F)F)N1CC2CC1CN2c1ccc(C(=O)NO)cc1. The molecule has 2 bridgehead atoms. The highest BCUT2D eigenvalue weighted by Crippen LogP contribution is 2.37. The lowest BCUT2D eigenvalue weighted by atomic mass is 10.1. The Hall–Kier alpha value is -2.81. The summed E-state index contributed by atoms with van der Waals surface area (Å²) in [4.78, 5) is 20.2. The van der Waals surface area contributed by atoms with Gasteiger partial charge in [0.05, 0.1) is 6.04 Å². The molecule has 3 rings (SSSR count). The van der Waals surface area contributed by atoms with E-state index >= 15 is 0 Å². The molecule has 2 fully saturated rings. The van der Waals surface area contributed by atoms with Gasteiger partial charge in [-0.25, -0.2) is 10.5 Å². The van der Waals surface area contributed by atoms with Crippen LogP contribution >= 0.6 is 0 Å². The van der Waals surface area contributed by atoms with Crippen molar-refractivity contribution in [3.63, 3.8) is 0 Å². The Morgan fingerprint density at radius 3 is 2.33 bits per heavy atom. The quantitative estimate of drug-likeness (QED) is 0.429. The maximum Gasteiger partial charge on any atom is 0.412 e. The predicted octanol–water partition coefficient (Wildman–Crippen LogP) is 3.90. The second-order valence-electron chi connectivity index (χ2n) is 7.79. The predicted molar refractivity (Wildman–Crippen MR) is 109 cm³/mol. The number of carbonyl (C=O) groups excluding carboxylic acids is 1. The van der Waals surface area contributed by atoms with E-state index in [0.717, 1.165) is 43.8 Å². The van der Waals surface area contributed by atoms with Crippen LogP contribution in [0.2, 0.25) is 0 Å². The molecule has 2 aliphatic rings. The number of aliphatic imine (C=N–C) groups is 1. The number of hydrogen-bond donors (Lipinski definition) is 2. The average Bonchev–Trinajstić information content (AvgIpc) is 3.30. The zero-order valence-electron chi connectivity index (χ0n) is 17.1. The molecule has 2 saturated heterocycles. The molecule has 162 valence electrons. The highest BCUT2D eigenvalue weighted by atomic mass is 19.4. The smallest absolute Gasteiger partial charge is 0.365 e. The summed E-state index contributed by atoms with van der Waals surface area (Å²) >= 11 is 0. The number of amides is 1. The minimum Gasteiger partial charge on any atom is -0.365 e. The number of hydrogen-bond acceptors (Lipinski definition) is 5. The summed E-state index contributed by atoms with van der Waals surface area (Å²) in [6, 6.07) is 7.48. The van der Waals surface area contributed by atoms with E-state index in [1.807, 2.05) is 26.0 Å². The summed E-state index contributed by atoms with van der Waals surface area (Å²) in [6.07, 6.45) is -1.20. The number of piperazine rings is 1. The third-order valence-corrected chi connectivity index (χ3v) is 5.49. The monoisotopic (exact) mass is 422 g/mol. The first-order chi connectivity index (χ1) is 14.1. The van der Waals surface area contributed by atoms with Crippen molar-refractivity contribution < 1.29 is 23.2 Å². The highest BCUT2D eigenvalue weighted by Gasteiger charge is 2.44. The highest BCUT2D eigenvalue weighted by molar-refractivity contribution is 5.93. The molecular formula is C21H25F3N4O2. The van der Waals surface area contributed by atoms with E-state index in [1.165, 1.54) is 6.21 Å². The van der Waals surface area contributed by atoms with Crippen LogP contribution in [-0.4, -0.2) is 53.6 Å². The maximum absolute atomic E-state index is 12.7. The first-order valence-electron chi connectivity index (χ1n) is 9.65. The third-order valence-electron chi connectivity index (χ3n) is 5.49. The molecule has 2 N–H and O–H groups in total. The summed E-state index contributed by atoms with van der Waals surface area (Å²) in [5.74, 6) is 0.153. The Bertz CT molecular complexity index is 887. The number of allylic oxidation sites excluding steroid dienone is 3. The normalized spacial score (nSPS) is 21.5. The fraction of sp³-hybridized carbons (Fsp3) is 0.429. The van der Waals surface area contributed by atoms with E-state index in [9.17, 15) is 18.0 Å². The molecule has 1 amide bonds. The van der Waals surface area contributed by atoms with Crippen LogP contribution in [0.15, 0.2) is 52.3 Å². The Morgan fingerprint density at radius 2 is 1.83 bits per heavy atom. The van der Waals surface area contributed by atoms with Crippen molar-refractivity contribution in [1.82, 2.24) is 10.4 Å². The van der Waals surface area contributed by atoms with E-state index in [2.05, 4.69) is 14.8 Å². The molecule has 30 heavy (non-hydrogen) atoms. The van der Waals surface area contributed by atoms with Crippen molar-refractivity contribution in [3.05, 3.63) is 52.9 Å².